The molecule has 156 valence electrons. The molecule has 1 saturated heterocycles. The number of rotatable bonds is 5. The lowest BCUT2D eigenvalue weighted by Crippen LogP contribution is -2.31. The Labute approximate surface area is 175 Å². The van der Waals surface area contributed by atoms with Crippen LogP contribution in [0.2, 0.25) is 0 Å². The van der Waals surface area contributed by atoms with Crippen molar-refractivity contribution in [2.45, 2.75) is 52.2 Å². The normalized spacial score (nSPS) is 17.6. The fourth-order valence-electron chi connectivity index (χ4n) is 4.31. The average molecular weight is 406 g/mol. The van der Waals surface area contributed by atoms with Gasteiger partial charge >= 0.3 is 0 Å². The van der Waals surface area contributed by atoms with Gasteiger partial charge in [-0.3, -0.25) is 14.5 Å². The highest BCUT2D eigenvalue weighted by atomic mass is 16.5. The molecule has 0 bridgehead atoms. The van der Waals surface area contributed by atoms with Crippen LogP contribution < -0.4 is 5.32 Å². The van der Waals surface area contributed by atoms with Crippen LogP contribution >= 0.6 is 0 Å². The van der Waals surface area contributed by atoms with Crippen LogP contribution in [0.4, 0.5) is 0 Å². The van der Waals surface area contributed by atoms with Gasteiger partial charge in [-0.2, -0.15) is 5.10 Å². The highest BCUT2D eigenvalue weighted by molar-refractivity contribution is 5.95. The Morgan fingerprint density at radius 3 is 2.97 bits per heavy atom. The van der Waals surface area contributed by atoms with Gasteiger partial charge in [-0.25, -0.2) is 0 Å². The van der Waals surface area contributed by atoms with Gasteiger partial charge in [0.25, 0.3) is 5.91 Å². The van der Waals surface area contributed by atoms with E-state index in [2.05, 4.69) is 22.6 Å². The summed E-state index contributed by atoms with van der Waals surface area (Å²) in [6.07, 6.45) is 7.74. The summed E-state index contributed by atoms with van der Waals surface area (Å²) in [5, 5.41) is 7.78. The molecular formula is C23H26N4O3. The van der Waals surface area contributed by atoms with Crippen molar-refractivity contribution < 1.29 is 13.9 Å². The summed E-state index contributed by atoms with van der Waals surface area (Å²) in [7, 11) is 0. The van der Waals surface area contributed by atoms with Crippen LogP contribution in [-0.4, -0.2) is 39.9 Å². The number of fused-ring (bicyclic) bond motifs is 3. The third-order valence-corrected chi connectivity index (χ3v) is 5.93. The number of hydrogen-bond donors (Lipinski definition) is 1. The molecule has 1 N–H and O–H groups in total. The fourth-order valence-corrected chi connectivity index (χ4v) is 4.31. The molecule has 3 aromatic heterocycles. The van der Waals surface area contributed by atoms with E-state index in [0.717, 1.165) is 66.1 Å². The van der Waals surface area contributed by atoms with Gasteiger partial charge in [0.05, 0.1) is 24.0 Å². The summed E-state index contributed by atoms with van der Waals surface area (Å²) in [5.41, 5.74) is 6.04. The van der Waals surface area contributed by atoms with Crippen LogP contribution in [0.3, 0.4) is 0 Å². The van der Waals surface area contributed by atoms with E-state index in [0.29, 0.717) is 18.8 Å². The minimum atomic E-state index is -0.178. The van der Waals surface area contributed by atoms with E-state index in [9.17, 15) is 4.79 Å². The molecule has 1 aliphatic carbocycles. The van der Waals surface area contributed by atoms with Crippen molar-refractivity contribution in [2.24, 2.45) is 0 Å². The molecule has 7 nitrogen and oxygen atoms in total. The lowest BCUT2D eigenvalue weighted by Gasteiger charge is -2.10. The Morgan fingerprint density at radius 1 is 1.30 bits per heavy atom. The first-order valence-electron chi connectivity index (χ1n) is 10.6. The zero-order valence-electron chi connectivity index (χ0n) is 17.4. The lowest BCUT2D eigenvalue weighted by molar-refractivity contribution is 0.0833. The van der Waals surface area contributed by atoms with Gasteiger partial charge in [0, 0.05) is 43.1 Å². The largest absolute Gasteiger partial charge is 0.455 e. The number of hydrogen-bond acceptors (Lipinski definition) is 5. The van der Waals surface area contributed by atoms with E-state index in [1.807, 2.05) is 30.8 Å². The van der Waals surface area contributed by atoms with E-state index in [4.69, 9.17) is 14.3 Å². The number of aromatic nitrogens is 3. The summed E-state index contributed by atoms with van der Waals surface area (Å²) in [6, 6.07) is 4.09. The van der Waals surface area contributed by atoms with E-state index in [-0.39, 0.29) is 12.0 Å². The van der Waals surface area contributed by atoms with E-state index in [1.165, 1.54) is 5.56 Å². The number of carbonyl (C=O) groups is 1. The first-order chi connectivity index (χ1) is 14.6. The Morgan fingerprint density at radius 2 is 2.20 bits per heavy atom. The number of ether oxygens (including phenoxy) is 1. The number of pyridine rings is 1. The second-order valence-electron chi connectivity index (χ2n) is 8.23. The second kappa shape index (κ2) is 7.72. The molecule has 1 fully saturated rings. The van der Waals surface area contributed by atoms with Crippen molar-refractivity contribution >= 4 is 5.91 Å². The van der Waals surface area contributed by atoms with Crippen LogP contribution in [0.1, 0.15) is 51.5 Å². The highest BCUT2D eigenvalue weighted by Gasteiger charge is 2.30. The van der Waals surface area contributed by atoms with Gasteiger partial charge in [0.15, 0.2) is 5.76 Å². The zero-order valence-corrected chi connectivity index (χ0v) is 17.4. The lowest BCUT2D eigenvalue weighted by atomic mass is 9.93. The Balaban J connectivity index is 1.37. The van der Waals surface area contributed by atoms with Crippen molar-refractivity contribution in [1.82, 2.24) is 20.1 Å². The van der Waals surface area contributed by atoms with Crippen LogP contribution in [0.25, 0.3) is 11.3 Å². The number of nitrogens with zero attached hydrogens (tertiary/aromatic N) is 3. The van der Waals surface area contributed by atoms with Crippen LogP contribution in [-0.2, 0) is 24.1 Å². The second-order valence-corrected chi connectivity index (χ2v) is 8.23. The molecule has 1 amide bonds. The summed E-state index contributed by atoms with van der Waals surface area (Å²) in [5.74, 6) is 1.06. The Hall–Kier alpha value is -2.93. The highest BCUT2D eigenvalue weighted by Crippen LogP contribution is 2.38. The summed E-state index contributed by atoms with van der Waals surface area (Å²) in [4.78, 5) is 17.2. The van der Waals surface area contributed by atoms with Crippen LogP contribution in [0, 0.1) is 13.8 Å². The molecule has 0 aromatic carbocycles. The third kappa shape index (κ3) is 3.54. The van der Waals surface area contributed by atoms with Crippen molar-refractivity contribution in [2.75, 3.05) is 13.2 Å². The standard InChI is InChI=1S/C23H26N4O3/c1-14-5-7-17(24-10-14)13-27-12-16-6-8-19-20(21(16)26-27)15(2)22(30-19)23(28)25-11-18-4-3-9-29-18/h5,7,10,12,18H,3-4,6,8-9,11,13H2,1-2H3,(H,25,28)/t18-/m0/s1. The number of carbonyl (C=O) groups excluding carboxylic acids is 1. The van der Waals surface area contributed by atoms with E-state index >= 15 is 0 Å². The van der Waals surface area contributed by atoms with Crippen LogP contribution in [0.15, 0.2) is 28.9 Å². The molecule has 30 heavy (non-hydrogen) atoms. The number of furan rings is 1. The van der Waals surface area contributed by atoms with Gasteiger partial charge < -0.3 is 14.5 Å². The van der Waals surface area contributed by atoms with Gasteiger partial charge in [0.1, 0.15) is 5.76 Å². The quantitative estimate of drug-likeness (QED) is 0.704. The molecule has 4 heterocycles. The average Bonchev–Trinajstić information content (AvgIpc) is 3.46. The molecule has 5 rings (SSSR count). The summed E-state index contributed by atoms with van der Waals surface area (Å²) < 4.78 is 13.5. The van der Waals surface area contributed by atoms with E-state index in [1.54, 1.807) is 0 Å². The number of nitrogens with one attached hydrogen (secondary N) is 1. The Kier molecular flexibility index (Phi) is 4.90. The molecule has 7 heteroatoms. The maximum atomic E-state index is 12.7. The minimum Gasteiger partial charge on any atom is -0.455 e. The maximum absolute atomic E-state index is 12.7. The van der Waals surface area contributed by atoms with Crippen molar-refractivity contribution in [3.63, 3.8) is 0 Å². The van der Waals surface area contributed by atoms with Crippen molar-refractivity contribution in [3.05, 3.63) is 58.4 Å². The van der Waals surface area contributed by atoms with Gasteiger partial charge in [-0.1, -0.05) is 6.07 Å². The predicted octanol–water partition coefficient (Wildman–Crippen LogP) is 3.21. The fraction of sp³-hybridized carbons (Fsp3) is 0.435. The molecule has 0 unspecified atom stereocenters. The smallest absolute Gasteiger partial charge is 0.287 e. The van der Waals surface area contributed by atoms with Crippen molar-refractivity contribution in [3.8, 4) is 11.3 Å². The molecule has 0 spiro atoms. The van der Waals surface area contributed by atoms with Gasteiger partial charge in [-0.15, -0.1) is 0 Å². The maximum Gasteiger partial charge on any atom is 0.287 e. The number of amides is 1. The zero-order chi connectivity index (χ0) is 20.7. The third-order valence-electron chi connectivity index (χ3n) is 5.93. The molecule has 1 atom stereocenters. The Bertz CT molecular complexity index is 1070. The van der Waals surface area contributed by atoms with Gasteiger partial charge in [0.2, 0.25) is 0 Å². The SMILES string of the molecule is Cc1ccc(Cn2cc3c(n2)-c2c(oc(C(=O)NC[C@@H]4CCCO4)c2C)CC3)nc1. The van der Waals surface area contributed by atoms with E-state index < -0.39 is 0 Å². The van der Waals surface area contributed by atoms with Crippen LogP contribution in [0.5, 0.6) is 0 Å². The molecule has 0 saturated carbocycles. The molecule has 0 radical (unpaired) electrons. The summed E-state index contributed by atoms with van der Waals surface area (Å²) >= 11 is 0. The summed E-state index contributed by atoms with van der Waals surface area (Å²) in [6.45, 7) is 5.89. The van der Waals surface area contributed by atoms with Gasteiger partial charge in [-0.05, 0) is 50.3 Å². The molecule has 1 aliphatic heterocycles. The van der Waals surface area contributed by atoms with Crippen molar-refractivity contribution in [1.29, 1.82) is 0 Å². The molecule has 3 aromatic rings. The first kappa shape index (κ1) is 19.1. The first-order valence-corrected chi connectivity index (χ1v) is 10.6. The predicted molar refractivity (Wildman–Crippen MR) is 111 cm³/mol. The molecule has 2 aliphatic rings. The molecular weight excluding hydrogens is 380 g/mol. The minimum absolute atomic E-state index is 0.108. The monoisotopic (exact) mass is 406 g/mol. The number of aryl methyl sites for hydroxylation is 3. The topological polar surface area (TPSA) is 82.2 Å².